The lowest BCUT2D eigenvalue weighted by atomic mass is 10.0. The van der Waals surface area contributed by atoms with Crippen LogP contribution in [-0.2, 0) is 0 Å². The van der Waals surface area contributed by atoms with Crippen LogP contribution in [-0.4, -0.2) is 10.8 Å². The van der Waals surface area contributed by atoms with E-state index in [1.165, 1.54) is 0 Å². The van der Waals surface area contributed by atoms with Crippen molar-refractivity contribution in [2.45, 2.75) is 13.8 Å². The third-order valence-corrected chi connectivity index (χ3v) is 1.95. The summed E-state index contributed by atoms with van der Waals surface area (Å²) >= 11 is 3.26. The highest BCUT2D eigenvalue weighted by atomic mass is 79.9. The van der Waals surface area contributed by atoms with E-state index in [1.54, 1.807) is 18.5 Å². The van der Waals surface area contributed by atoms with Crippen LogP contribution in [0.4, 0.5) is 0 Å². The molecule has 64 valence electrons. The quantitative estimate of drug-likeness (QED) is 0.728. The summed E-state index contributed by atoms with van der Waals surface area (Å²) in [6, 6.07) is 1.79. The maximum atomic E-state index is 11.4. The van der Waals surface area contributed by atoms with Gasteiger partial charge in [0.25, 0.3) is 0 Å². The van der Waals surface area contributed by atoms with Crippen molar-refractivity contribution in [3.8, 4) is 0 Å². The van der Waals surface area contributed by atoms with E-state index in [2.05, 4.69) is 20.9 Å². The number of carbonyl (C=O) groups excluding carboxylic acids is 1. The molecule has 0 aliphatic rings. The lowest BCUT2D eigenvalue weighted by Crippen LogP contribution is -2.07. The summed E-state index contributed by atoms with van der Waals surface area (Å²) in [5.41, 5.74) is 0.666. The molecule has 0 bridgehead atoms. The third kappa shape index (κ3) is 2.14. The molecule has 0 atom stereocenters. The molecule has 2 nitrogen and oxygen atoms in total. The minimum atomic E-state index is 0.0288. The molecule has 0 radical (unpaired) electrons. The van der Waals surface area contributed by atoms with Gasteiger partial charge in [-0.25, -0.2) is 0 Å². The molecule has 0 N–H and O–H groups in total. The summed E-state index contributed by atoms with van der Waals surface area (Å²) in [7, 11) is 0. The average molecular weight is 228 g/mol. The smallest absolute Gasteiger partial charge is 0.166 e. The van der Waals surface area contributed by atoms with Gasteiger partial charge in [-0.3, -0.25) is 9.78 Å². The van der Waals surface area contributed by atoms with Gasteiger partial charge >= 0.3 is 0 Å². The largest absolute Gasteiger partial charge is 0.294 e. The Morgan fingerprint density at radius 2 is 2.17 bits per heavy atom. The van der Waals surface area contributed by atoms with Crippen LogP contribution in [0.1, 0.15) is 24.2 Å². The predicted octanol–water partition coefficient (Wildman–Crippen LogP) is 2.68. The van der Waals surface area contributed by atoms with Crippen LogP contribution in [0.25, 0.3) is 0 Å². The highest BCUT2D eigenvalue weighted by Crippen LogP contribution is 2.12. The summed E-state index contributed by atoms with van der Waals surface area (Å²) < 4.78 is 0.842. The monoisotopic (exact) mass is 227 g/mol. The molecule has 0 aromatic carbocycles. The van der Waals surface area contributed by atoms with Gasteiger partial charge in [0.15, 0.2) is 5.78 Å². The van der Waals surface area contributed by atoms with Gasteiger partial charge in [-0.1, -0.05) is 13.8 Å². The lowest BCUT2D eigenvalue weighted by molar-refractivity contribution is 0.0939. The Morgan fingerprint density at radius 1 is 1.50 bits per heavy atom. The van der Waals surface area contributed by atoms with Crippen LogP contribution < -0.4 is 0 Å². The topological polar surface area (TPSA) is 30.0 Å². The fourth-order valence-corrected chi connectivity index (χ4v) is 1.24. The number of hydrogen-bond donors (Lipinski definition) is 0. The first-order valence-electron chi connectivity index (χ1n) is 3.76. The van der Waals surface area contributed by atoms with Gasteiger partial charge in [0.1, 0.15) is 0 Å². The van der Waals surface area contributed by atoms with Crippen LogP contribution in [0.3, 0.4) is 0 Å². The number of aromatic nitrogens is 1. The Hall–Kier alpha value is -0.700. The van der Waals surface area contributed by atoms with Crippen LogP contribution in [0, 0.1) is 5.92 Å². The number of carbonyl (C=O) groups is 1. The van der Waals surface area contributed by atoms with Crippen molar-refractivity contribution in [1.82, 2.24) is 4.98 Å². The number of halogens is 1. The molecule has 0 fully saturated rings. The zero-order valence-corrected chi connectivity index (χ0v) is 8.63. The van der Waals surface area contributed by atoms with Crippen molar-refractivity contribution in [2.75, 3.05) is 0 Å². The molecule has 1 aromatic heterocycles. The maximum Gasteiger partial charge on any atom is 0.166 e. The first-order valence-corrected chi connectivity index (χ1v) is 4.55. The van der Waals surface area contributed by atoms with Crippen molar-refractivity contribution in [3.05, 3.63) is 28.5 Å². The molecule has 1 aromatic rings. The van der Waals surface area contributed by atoms with Gasteiger partial charge in [-0.2, -0.15) is 0 Å². The van der Waals surface area contributed by atoms with E-state index in [0.29, 0.717) is 5.56 Å². The molecule has 0 spiro atoms. The Bertz CT molecular complexity index is 296. The maximum absolute atomic E-state index is 11.4. The Kier molecular flexibility index (Phi) is 2.98. The summed E-state index contributed by atoms with van der Waals surface area (Å²) in [6.45, 7) is 3.76. The second-order valence-electron chi connectivity index (χ2n) is 2.91. The highest BCUT2D eigenvalue weighted by Gasteiger charge is 2.10. The number of Topliss-reactive ketones (excluding diaryl/α,β-unsaturated/α-hetero) is 1. The van der Waals surface area contributed by atoms with Gasteiger partial charge in [0.2, 0.25) is 0 Å². The van der Waals surface area contributed by atoms with E-state index in [0.717, 1.165) is 4.47 Å². The minimum absolute atomic E-state index is 0.0288. The molecule has 0 saturated carbocycles. The fourth-order valence-electron chi connectivity index (χ4n) is 0.880. The molecule has 0 amide bonds. The van der Waals surface area contributed by atoms with Crippen LogP contribution >= 0.6 is 15.9 Å². The molecule has 1 rings (SSSR count). The second-order valence-corrected chi connectivity index (χ2v) is 3.83. The Balaban J connectivity index is 2.96. The van der Waals surface area contributed by atoms with E-state index < -0.39 is 0 Å². The normalized spacial score (nSPS) is 10.3. The summed E-state index contributed by atoms with van der Waals surface area (Å²) in [5, 5.41) is 0. The van der Waals surface area contributed by atoms with E-state index >= 15 is 0 Å². The molecule has 1 heterocycles. The Morgan fingerprint density at radius 3 is 2.67 bits per heavy atom. The minimum Gasteiger partial charge on any atom is -0.294 e. The van der Waals surface area contributed by atoms with Crippen LogP contribution in [0.15, 0.2) is 22.9 Å². The molecule has 0 unspecified atom stereocenters. The van der Waals surface area contributed by atoms with Gasteiger partial charge in [-0.05, 0) is 22.0 Å². The molecule has 0 aliphatic carbocycles. The van der Waals surface area contributed by atoms with Crippen molar-refractivity contribution >= 4 is 21.7 Å². The summed E-state index contributed by atoms with van der Waals surface area (Å²) in [5.74, 6) is 0.157. The van der Waals surface area contributed by atoms with Gasteiger partial charge in [-0.15, -0.1) is 0 Å². The van der Waals surface area contributed by atoms with E-state index in [9.17, 15) is 4.79 Å². The first kappa shape index (κ1) is 9.39. The molecule has 0 saturated heterocycles. The van der Waals surface area contributed by atoms with E-state index in [1.807, 2.05) is 13.8 Å². The Labute approximate surface area is 80.1 Å². The van der Waals surface area contributed by atoms with Gasteiger partial charge in [0, 0.05) is 28.3 Å². The van der Waals surface area contributed by atoms with Crippen molar-refractivity contribution in [1.29, 1.82) is 0 Å². The van der Waals surface area contributed by atoms with Gasteiger partial charge < -0.3 is 0 Å². The highest BCUT2D eigenvalue weighted by molar-refractivity contribution is 9.10. The number of hydrogen-bond acceptors (Lipinski definition) is 2. The van der Waals surface area contributed by atoms with Crippen molar-refractivity contribution < 1.29 is 4.79 Å². The SMILES string of the molecule is CC(C)C(=O)c1cncc(Br)c1. The van der Waals surface area contributed by atoms with Crippen molar-refractivity contribution in [2.24, 2.45) is 5.92 Å². The van der Waals surface area contributed by atoms with Crippen LogP contribution in [0.5, 0.6) is 0 Å². The van der Waals surface area contributed by atoms with E-state index in [4.69, 9.17) is 0 Å². The van der Waals surface area contributed by atoms with Crippen molar-refractivity contribution in [3.63, 3.8) is 0 Å². The van der Waals surface area contributed by atoms with E-state index in [-0.39, 0.29) is 11.7 Å². The lowest BCUT2D eigenvalue weighted by Gasteiger charge is -2.02. The number of nitrogens with zero attached hydrogens (tertiary/aromatic N) is 1. The molecular formula is C9H10BrNO. The number of rotatable bonds is 2. The fraction of sp³-hybridized carbons (Fsp3) is 0.333. The molecular weight excluding hydrogens is 218 g/mol. The van der Waals surface area contributed by atoms with Gasteiger partial charge in [0.05, 0.1) is 0 Å². The average Bonchev–Trinajstić information content (AvgIpc) is 2.03. The zero-order valence-electron chi connectivity index (χ0n) is 7.04. The van der Waals surface area contributed by atoms with Crippen LogP contribution in [0.2, 0.25) is 0 Å². The number of ketones is 1. The molecule has 3 heteroatoms. The predicted molar refractivity (Wildman–Crippen MR) is 51.1 cm³/mol. The summed E-state index contributed by atoms with van der Waals surface area (Å²) in [6.07, 6.45) is 3.25. The standard InChI is InChI=1S/C9H10BrNO/c1-6(2)9(12)7-3-8(10)5-11-4-7/h3-6H,1-2H3. The zero-order chi connectivity index (χ0) is 9.14. The first-order chi connectivity index (χ1) is 5.61. The molecule has 0 aliphatic heterocycles. The second kappa shape index (κ2) is 3.81. The third-order valence-electron chi connectivity index (χ3n) is 1.51. The number of pyridine rings is 1. The summed E-state index contributed by atoms with van der Waals surface area (Å²) in [4.78, 5) is 15.4. The molecule has 12 heavy (non-hydrogen) atoms.